The molecule has 32 heavy (non-hydrogen) atoms. The maximum Gasteiger partial charge on any atom is 0.251 e. The van der Waals surface area contributed by atoms with E-state index in [1.165, 1.54) is 28.6 Å². The third kappa shape index (κ3) is 4.65. The Hall–Kier alpha value is -2.48. The standard InChI is InChI=1S/C22H28N4O5S/c23-16-17-3-5-19(6-4-17)32(29,30)26-9-7-18(8-10-26)21(27)24-11-13-25(14-12-24)22(28)20-2-1-15-31-20/h3-6,18,20H,1-2,7-15H2. The van der Waals surface area contributed by atoms with Gasteiger partial charge in [0, 0.05) is 51.8 Å². The van der Waals surface area contributed by atoms with Crippen LogP contribution < -0.4 is 0 Å². The second-order valence-electron chi connectivity index (χ2n) is 8.47. The predicted octanol–water partition coefficient (Wildman–Crippen LogP) is 0.809. The summed E-state index contributed by atoms with van der Waals surface area (Å²) in [6, 6.07) is 7.86. The van der Waals surface area contributed by atoms with Crippen molar-refractivity contribution in [1.82, 2.24) is 14.1 Å². The molecule has 0 spiro atoms. The van der Waals surface area contributed by atoms with Crippen LogP contribution in [-0.2, 0) is 24.3 Å². The van der Waals surface area contributed by atoms with Gasteiger partial charge in [-0.25, -0.2) is 8.42 Å². The van der Waals surface area contributed by atoms with E-state index < -0.39 is 10.0 Å². The lowest BCUT2D eigenvalue weighted by Gasteiger charge is -2.38. The van der Waals surface area contributed by atoms with Crippen molar-refractivity contribution in [2.75, 3.05) is 45.9 Å². The molecule has 0 bridgehead atoms. The fourth-order valence-electron chi connectivity index (χ4n) is 4.58. The second-order valence-corrected chi connectivity index (χ2v) is 10.4. The number of hydrogen-bond acceptors (Lipinski definition) is 6. The van der Waals surface area contributed by atoms with Crippen LogP contribution in [0.25, 0.3) is 0 Å². The topological polar surface area (TPSA) is 111 Å². The number of piperidine rings is 1. The molecule has 172 valence electrons. The summed E-state index contributed by atoms with van der Waals surface area (Å²) in [7, 11) is -3.64. The number of nitriles is 1. The Kier molecular flexibility index (Phi) is 6.79. The Balaban J connectivity index is 1.28. The van der Waals surface area contributed by atoms with E-state index in [2.05, 4.69) is 0 Å². The molecule has 0 radical (unpaired) electrons. The minimum Gasteiger partial charge on any atom is -0.368 e. The van der Waals surface area contributed by atoms with Crippen molar-refractivity contribution >= 4 is 21.8 Å². The number of amides is 2. The summed E-state index contributed by atoms with van der Waals surface area (Å²) in [5, 5.41) is 8.89. The zero-order valence-electron chi connectivity index (χ0n) is 18.0. The van der Waals surface area contributed by atoms with Gasteiger partial charge in [0.1, 0.15) is 6.10 Å². The number of nitrogens with zero attached hydrogens (tertiary/aromatic N) is 4. The van der Waals surface area contributed by atoms with E-state index in [4.69, 9.17) is 10.00 Å². The summed E-state index contributed by atoms with van der Waals surface area (Å²) >= 11 is 0. The summed E-state index contributed by atoms with van der Waals surface area (Å²) in [6.07, 6.45) is 2.29. The molecule has 3 fully saturated rings. The summed E-state index contributed by atoms with van der Waals surface area (Å²) in [6.45, 7) is 3.23. The van der Waals surface area contributed by atoms with Gasteiger partial charge >= 0.3 is 0 Å². The lowest BCUT2D eigenvalue weighted by molar-refractivity contribution is -0.147. The van der Waals surface area contributed by atoms with E-state index in [0.29, 0.717) is 51.2 Å². The van der Waals surface area contributed by atoms with Gasteiger partial charge in [-0.15, -0.1) is 0 Å². The van der Waals surface area contributed by atoms with Gasteiger partial charge in [0.25, 0.3) is 5.91 Å². The second kappa shape index (κ2) is 9.57. The Labute approximate surface area is 188 Å². The van der Waals surface area contributed by atoms with Gasteiger partial charge in [0.2, 0.25) is 15.9 Å². The Morgan fingerprint density at radius 3 is 2.03 bits per heavy atom. The number of piperazine rings is 1. The van der Waals surface area contributed by atoms with Crippen LogP contribution in [0.3, 0.4) is 0 Å². The van der Waals surface area contributed by atoms with E-state index >= 15 is 0 Å². The van der Waals surface area contributed by atoms with Gasteiger partial charge in [0.15, 0.2) is 0 Å². The van der Waals surface area contributed by atoms with Gasteiger partial charge in [-0.2, -0.15) is 9.57 Å². The van der Waals surface area contributed by atoms with Crippen molar-refractivity contribution < 1.29 is 22.7 Å². The summed E-state index contributed by atoms with van der Waals surface area (Å²) < 4.78 is 32.6. The first-order valence-corrected chi connectivity index (χ1v) is 12.5. The molecular weight excluding hydrogens is 432 g/mol. The number of carbonyl (C=O) groups is 2. The highest BCUT2D eigenvalue weighted by atomic mass is 32.2. The van der Waals surface area contributed by atoms with E-state index in [9.17, 15) is 18.0 Å². The van der Waals surface area contributed by atoms with Crippen molar-refractivity contribution in [3.63, 3.8) is 0 Å². The maximum atomic E-state index is 13.0. The lowest BCUT2D eigenvalue weighted by atomic mass is 9.96. The Morgan fingerprint density at radius 1 is 0.906 bits per heavy atom. The van der Waals surface area contributed by atoms with Crippen LogP contribution in [0.4, 0.5) is 0 Å². The van der Waals surface area contributed by atoms with E-state index in [-0.39, 0.29) is 41.8 Å². The number of hydrogen-bond donors (Lipinski definition) is 0. The van der Waals surface area contributed by atoms with E-state index in [1.54, 1.807) is 9.80 Å². The fourth-order valence-corrected chi connectivity index (χ4v) is 6.04. The van der Waals surface area contributed by atoms with Crippen LogP contribution in [0.5, 0.6) is 0 Å². The molecule has 1 aromatic carbocycles. The molecule has 3 saturated heterocycles. The van der Waals surface area contributed by atoms with Crippen molar-refractivity contribution in [3.8, 4) is 6.07 Å². The van der Waals surface area contributed by atoms with Gasteiger partial charge in [-0.1, -0.05) is 0 Å². The van der Waals surface area contributed by atoms with Gasteiger partial charge in [0.05, 0.1) is 16.5 Å². The zero-order chi connectivity index (χ0) is 22.7. The van der Waals surface area contributed by atoms with Crippen LogP contribution in [0.1, 0.15) is 31.2 Å². The molecule has 0 saturated carbocycles. The molecule has 10 heteroatoms. The van der Waals surface area contributed by atoms with Crippen molar-refractivity contribution in [1.29, 1.82) is 5.26 Å². The van der Waals surface area contributed by atoms with Crippen LogP contribution in [0, 0.1) is 17.2 Å². The number of rotatable bonds is 4. The molecule has 9 nitrogen and oxygen atoms in total. The molecule has 1 atom stereocenters. The van der Waals surface area contributed by atoms with E-state index in [0.717, 1.165) is 12.8 Å². The van der Waals surface area contributed by atoms with E-state index in [1.807, 2.05) is 6.07 Å². The summed E-state index contributed by atoms with van der Waals surface area (Å²) in [5.41, 5.74) is 0.408. The number of benzene rings is 1. The quantitative estimate of drug-likeness (QED) is 0.657. The average molecular weight is 461 g/mol. The minimum atomic E-state index is -3.64. The highest BCUT2D eigenvalue weighted by Crippen LogP contribution is 2.26. The SMILES string of the molecule is N#Cc1ccc(S(=O)(=O)N2CCC(C(=O)N3CCN(C(=O)C4CCCO4)CC3)CC2)cc1. The van der Waals surface area contributed by atoms with Crippen molar-refractivity contribution in [2.24, 2.45) is 5.92 Å². The zero-order valence-corrected chi connectivity index (χ0v) is 18.8. The van der Waals surface area contributed by atoms with Gasteiger partial charge < -0.3 is 14.5 Å². The van der Waals surface area contributed by atoms with Crippen LogP contribution >= 0.6 is 0 Å². The molecule has 2 amide bonds. The Morgan fingerprint density at radius 2 is 1.50 bits per heavy atom. The highest BCUT2D eigenvalue weighted by Gasteiger charge is 2.36. The molecule has 1 aromatic rings. The molecule has 1 unspecified atom stereocenters. The lowest BCUT2D eigenvalue weighted by Crippen LogP contribution is -2.54. The number of ether oxygens (including phenoxy) is 1. The first-order chi connectivity index (χ1) is 15.4. The molecule has 0 aliphatic carbocycles. The third-order valence-corrected chi connectivity index (χ3v) is 8.45. The molecule has 0 N–H and O–H groups in total. The van der Waals surface area contributed by atoms with Gasteiger partial charge in [-0.3, -0.25) is 9.59 Å². The highest BCUT2D eigenvalue weighted by molar-refractivity contribution is 7.89. The minimum absolute atomic E-state index is 0.0240. The maximum absolute atomic E-state index is 13.0. The Bertz CT molecular complexity index is 982. The number of carbonyl (C=O) groups excluding carboxylic acids is 2. The van der Waals surface area contributed by atoms with Crippen LogP contribution in [0.15, 0.2) is 29.2 Å². The smallest absolute Gasteiger partial charge is 0.251 e. The molecular formula is C22H28N4O5S. The predicted molar refractivity (Wildman–Crippen MR) is 115 cm³/mol. The largest absolute Gasteiger partial charge is 0.368 e. The normalized spacial score (nSPS) is 23.2. The molecule has 3 heterocycles. The first-order valence-electron chi connectivity index (χ1n) is 11.1. The van der Waals surface area contributed by atoms with Crippen molar-refractivity contribution in [3.05, 3.63) is 29.8 Å². The molecule has 4 rings (SSSR count). The first kappa shape index (κ1) is 22.7. The summed E-state index contributed by atoms with van der Waals surface area (Å²) in [5.74, 6) is -0.136. The molecule has 3 aliphatic rings. The molecule has 3 aliphatic heterocycles. The van der Waals surface area contributed by atoms with Gasteiger partial charge in [-0.05, 0) is 49.9 Å². The third-order valence-electron chi connectivity index (χ3n) is 6.53. The average Bonchev–Trinajstić information content (AvgIpc) is 3.38. The number of sulfonamides is 1. The fraction of sp³-hybridized carbons (Fsp3) is 0.591. The van der Waals surface area contributed by atoms with Crippen LogP contribution in [0.2, 0.25) is 0 Å². The molecule has 0 aromatic heterocycles. The monoisotopic (exact) mass is 460 g/mol. The van der Waals surface area contributed by atoms with Crippen molar-refractivity contribution in [2.45, 2.75) is 36.7 Å². The van der Waals surface area contributed by atoms with Crippen LogP contribution in [-0.4, -0.2) is 86.3 Å². The summed E-state index contributed by atoms with van der Waals surface area (Å²) in [4.78, 5) is 29.2.